The van der Waals surface area contributed by atoms with Crippen LogP contribution in [0.3, 0.4) is 0 Å². The average Bonchev–Trinajstić information content (AvgIpc) is 2.80. The van der Waals surface area contributed by atoms with Crippen LogP contribution in [0.25, 0.3) is 0 Å². The maximum absolute atomic E-state index is 14.2. The summed E-state index contributed by atoms with van der Waals surface area (Å²) in [6.45, 7) is 1.67. The number of halogens is 5. The molecule has 3 aromatic carbocycles. The van der Waals surface area contributed by atoms with E-state index >= 15 is 0 Å². The number of hydrogen-bond acceptors (Lipinski definition) is 3. The second-order valence-corrected chi connectivity index (χ2v) is 7.95. The van der Waals surface area contributed by atoms with E-state index in [2.05, 4.69) is 5.32 Å². The number of hydrogen-bond donors (Lipinski definition) is 2. The van der Waals surface area contributed by atoms with E-state index < -0.39 is 40.8 Å². The van der Waals surface area contributed by atoms with Crippen molar-refractivity contribution in [1.82, 2.24) is 5.32 Å². The van der Waals surface area contributed by atoms with Crippen molar-refractivity contribution in [3.05, 3.63) is 94.0 Å². The zero-order valence-electron chi connectivity index (χ0n) is 19.1. The number of rotatable bonds is 9. The number of carbonyl (C=O) groups is 2. The van der Waals surface area contributed by atoms with Gasteiger partial charge in [0.15, 0.2) is 0 Å². The summed E-state index contributed by atoms with van der Waals surface area (Å²) in [4.78, 5) is 23.1. The highest BCUT2D eigenvalue weighted by molar-refractivity contribution is 5.94. The van der Waals surface area contributed by atoms with Crippen molar-refractivity contribution in [2.75, 3.05) is 0 Å². The van der Waals surface area contributed by atoms with Gasteiger partial charge in [0.1, 0.15) is 23.1 Å². The number of nitrogens with one attached hydrogen (secondary N) is 1. The molecule has 0 aliphatic carbocycles. The van der Waals surface area contributed by atoms with Crippen molar-refractivity contribution < 1.29 is 41.4 Å². The minimum atomic E-state index is -4.75. The van der Waals surface area contributed by atoms with Crippen LogP contribution >= 0.6 is 0 Å². The Morgan fingerprint density at radius 1 is 0.944 bits per heavy atom. The molecule has 36 heavy (non-hydrogen) atoms. The molecule has 0 bridgehead atoms. The van der Waals surface area contributed by atoms with Crippen LogP contribution in [0.15, 0.2) is 54.6 Å². The first-order valence-electron chi connectivity index (χ1n) is 10.9. The van der Waals surface area contributed by atoms with Gasteiger partial charge in [-0.25, -0.2) is 8.78 Å². The topological polar surface area (TPSA) is 75.6 Å². The van der Waals surface area contributed by atoms with E-state index in [1.54, 1.807) is 18.2 Å². The molecule has 0 fully saturated rings. The zero-order valence-corrected chi connectivity index (χ0v) is 19.1. The van der Waals surface area contributed by atoms with E-state index in [9.17, 15) is 31.5 Å². The molecule has 3 aromatic rings. The Morgan fingerprint density at radius 3 is 2.33 bits per heavy atom. The average molecular weight is 507 g/mol. The molecule has 0 atom stereocenters. The molecule has 0 unspecified atom stereocenters. The van der Waals surface area contributed by atoms with Gasteiger partial charge in [0.25, 0.3) is 5.91 Å². The van der Waals surface area contributed by atoms with Gasteiger partial charge < -0.3 is 15.2 Å². The van der Waals surface area contributed by atoms with Crippen molar-refractivity contribution in [1.29, 1.82) is 0 Å². The quantitative estimate of drug-likeness (QED) is 0.334. The Morgan fingerprint density at radius 2 is 1.69 bits per heavy atom. The predicted molar refractivity (Wildman–Crippen MR) is 121 cm³/mol. The summed E-state index contributed by atoms with van der Waals surface area (Å²) in [5, 5.41) is 11.2. The molecule has 0 heterocycles. The number of aliphatic carboxylic acids is 1. The highest BCUT2D eigenvalue weighted by Gasteiger charge is 2.31. The fourth-order valence-electron chi connectivity index (χ4n) is 3.55. The second kappa shape index (κ2) is 11.2. The normalized spacial score (nSPS) is 11.3. The van der Waals surface area contributed by atoms with Crippen LogP contribution in [0, 0.1) is 11.6 Å². The summed E-state index contributed by atoms with van der Waals surface area (Å²) in [5.74, 6) is -3.33. The van der Waals surface area contributed by atoms with Gasteiger partial charge >= 0.3 is 12.1 Å². The molecule has 0 saturated carbocycles. The lowest BCUT2D eigenvalue weighted by atomic mass is 10.0. The molecule has 5 nitrogen and oxygen atoms in total. The number of amides is 1. The van der Waals surface area contributed by atoms with E-state index in [0.29, 0.717) is 24.7 Å². The molecule has 190 valence electrons. The Kier molecular flexibility index (Phi) is 8.29. The third-order valence-electron chi connectivity index (χ3n) is 5.33. The first-order chi connectivity index (χ1) is 17.0. The molecule has 1 amide bonds. The van der Waals surface area contributed by atoms with Gasteiger partial charge in [-0.05, 0) is 72.0 Å². The van der Waals surface area contributed by atoms with E-state index in [4.69, 9.17) is 9.84 Å². The van der Waals surface area contributed by atoms with Crippen LogP contribution < -0.4 is 10.1 Å². The number of aryl methyl sites for hydroxylation is 2. The highest BCUT2D eigenvalue weighted by atomic mass is 19.4. The first-order valence-corrected chi connectivity index (χ1v) is 10.9. The van der Waals surface area contributed by atoms with Crippen LogP contribution in [-0.4, -0.2) is 17.0 Å². The monoisotopic (exact) mass is 507 g/mol. The molecule has 2 N–H and O–H groups in total. The maximum Gasteiger partial charge on any atom is 0.416 e. The predicted octanol–water partition coefficient (Wildman–Crippen LogP) is 6.29. The standard InChI is InChI=1S/C26H22F5NO4/c1-2-16-11-20(6-3-17(16)4-8-24(33)34)36-21-10-15(9-19(27)13-21)14-32-25(35)22-7-5-18(12-23(22)28)26(29,30)31/h3,5-7,9-13H,2,4,8,14H2,1H3,(H,32,35)(H,33,34). The molecule has 10 heteroatoms. The number of ether oxygens (including phenoxy) is 1. The summed E-state index contributed by atoms with van der Waals surface area (Å²) < 4.78 is 72.0. The summed E-state index contributed by atoms with van der Waals surface area (Å²) in [6, 6.07) is 10.4. The van der Waals surface area contributed by atoms with Crippen LogP contribution in [0.2, 0.25) is 0 Å². The SMILES string of the molecule is CCc1cc(Oc2cc(F)cc(CNC(=O)c3ccc(C(F)(F)F)cc3F)c2)ccc1CCC(=O)O. The van der Waals surface area contributed by atoms with E-state index in [1.165, 1.54) is 6.07 Å². The Balaban J connectivity index is 1.70. The molecular formula is C26H22F5NO4. The van der Waals surface area contributed by atoms with Gasteiger partial charge in [-0.15, -0.1) is 0 Å². The second-order valence-electron chi connectivity index (χ2n) is 7.95. The number of carbonyl (C=O) groups excluding carboxylic acids is 1. The van der Waals surface area contributed by atoms with Crippen LogP contribution in [0.4, 0.5) is 22.0 Å². The highest BCUT2D eigenvalue weighted by Crippen LogP contribution is 2.30. The maximum atomic E-state index is 14.2. The molecule has 0 radical (unpaired) electrons. The molecule has 0 aliphatic heterocycles. The molecule has 0 saturated heterocycles. The largest absolute Gasteiger partial charge is 0.481 e. The van der Waals surface area contributed by atoms with Crippen molar-refractivity contribution in [3.8, 4) is 11.5 Å². The van der Waals surface area contributed by atoms with Crippen molar-refractivity contribution in [2.45, 2.75) is 38.9 Å². The lowest BCUT2D eigenvalue weighted by molar-refractivity contribution is -0.138. The third kappa shape index (κ3) is 7.03. The van der Waals surface area contributed by atoms with Crippen molar-refractivity contribution in [2.24, 2.45) is 0 Å². The van der Waals surface area contributed by atoms with Gasteiger partial charge in [0.2, 0.25) is 0 Å². The number of carboxylic acids is 1. The number of carboxylic acid groups (broad SMARTS) is 1. The third-order valence-corrected chi connectivity index (χ3v) is 5.33. The minimum Gasteiger partial charge on any atom is -0.481 e. The summed E-state index contributed by atoms with van der Waals surface area (Å²) >= 11 is 0. The van der Waals surface area contributed by atoms with Gasteiger partial charge in [0, 0.05) is 19.0 Å². The Bertz CT molecular complexity index is 1270. The zero-order chi connectivity index (χ0) is 26.5. The van der Waals surface area contributed by atoms with Crippen molar-refractivity contribution >= 4 is 11.9 Å². The molecule has 0 aliphatic rings. The molecule has 0 spiro atoms. The van der Waals surface area contributed by atoms with Crippen LogP contribution in [0.1, 0.15) is 46.0 Å². The Labute approximate surface area is 203 Å². The molecular weight excluding hydrogens is 485 g/mol. The van der Waals surface area contributed by atoms with Gasteiger partial charge in [0.05, 0.1) is 11.1 Å². The smallest absolute Gasteiger partial charge is 0.416 e. The molecule has 3 rings (SSSR count). The van der Waals surface area contributed by atoms with Gasteiger partial charge in [-0.3, -0.25) is 9.59 Å². The lowest BCUT2D eigenvalue weighted by Crippen LogP contribution is -2.24. The summed E-state index contributed by atoms with van der Waals surface area (Å²) in [7, 11) is 0. The number of alkyl halides is 3. The fraction of sp³-hybridized carbons (Fsp3) is 0.231. The van der Waals surface area contributed by atoms with Crippen LogP contribution in [-0.2, 0) is 30.4 Å². The van der Waals surface area contributed by atoms with Crippen LogP contribution in [0.5, 0.6) is 11.5 Å². The number of benzene rings is 3. The minimum absolute atomic E-state index is 0.0114. The molecule has 0 aromatic heterocycles. The first kappa shape index (κ1) is 26.7. The van der Waals surface area contributed by atoms with Gasteiger partial charge in [-0.1, -0.05) is 13.0 Å². The van der Waals surface area contributed by atoms with E-state index in [-0.39, 0.29) is 30.3 Å². The van der Waals surface area contributed by atoms with Crippen molar-refractivity contribution in [3.63, 3.8) is 0 Å². The summed E-state index contributed by atoms with van der Waals surface area (Å²) in [6.07, 6.45) is -3.76. The lowest BCUT2D eigenvalue weighted by Gasteiger charge is -2.13. The summed E-state index contributed by atoms with van der Waals surface area (Å²) in [5.41, 5.74) is 0.233. The Hall–Kier alpha value is -3.95. The van der Waals surface area contributed by atoms with Gasteiger partial charge in [-0.2, -0.15) is 13.2 Å². The van der Waals surface area contributed by atoms with E-state index in [1.807, 2.05) is 6.92 Å². The van der Waals surface area contributed by atoms with E-state index in [0.717, 1.165) is 29.3 Å². The fourth-order valence-corrected chi connectivity index (χ4v) is 3.55.